The fourth-order valence-electron chi connectivity index (χ4n) is 2.75. The number of non-ortho nitro benzene ring substituents is 1. The summed E-state index contributed by atoms with van der Waals surface area (Å²) in [6, 6.07) is 15.5. The number of aryl methyl sites for hydroxylation is 1. The molecule has 0 heterocycles. The number of benzene rings is 3. The van der Waals surface area contributed by atoms with Gasteiger partial charge in [-0.3, -0.25) is 19.7 Å². The van der Waals surface area contributed by atoms with Gasteiger partial charge in [0.1, 0.15) is 0 Å². The Labute approximate surface area is 204 Å². The number of anilines is 1. The normalized spacial score (nSPS) is 10.7. The van der Waals surface area contributed by atoms with Gasteiger partial charge >= 0.3 is 0 Å². The summed E-state index contributed by atoms with van der Waals surface area (Å²) in [6.07, 6.45) is 1.29. The van der Waals surface area contributed by atoms with E-state index in [0.717, 1.165) is 11.6 Å². The van der Waals surface area contributed by atoms with E-state index in [9.17, 15) is 19.7 Å². The molecule has 0 radical (unpaired) electrons. The van der Waals surface area contributed by atoms with E-state index in [1.165, 1.54) is 36.5 Å². The summed E-state index contributed by atoms with van der Waals surface area (Å²) in [7, 11) is 0. The Bertz CT molecular complexity index is 1240. The predicted octanol–water partition coefficient (Wildman–Crippen LogP) is 4.99. The molecule has 3 aromatic carbocycles. The Morgan fingerprint density at radius 2 is 1.76 bits per heavy atom. The average Bonchev–Trinajstić information content (AvgIpc) is 2.80. The SMILES string of the molecule is Cc1ccc(NC(=O)COc2c(Cl)cc(/C=N/NC(=O)c3cccc([N+](=O)[O-])c3)cc2Cl)cc1. The third-order valence-electron chi connectivity index (χ3n) is 4.40. The molecule has 0 spiro atoms. The van der Waals surface area contributed by atoms with Gasteiger partial charge in [0.2, 0.25) is 0 Å². The van der Waals surface area contributed by atoms with Crippen LogP contribution in [0.4, 0.5) is 11.4 Å². The number of ether oxygens (including phenoxy) is 1. The van der Waals surface area contributed by atoms with Crippen LogP contribution in [0.3, 0.4) is 0 Å². The summed E-state index contributed by atoms with van der Waals surface area (Å²) in [6.45, 7) is 1.64. The zero-order chi connectivity index (χ0) is 24.7. The lowest BCUT2D eigenvalue weighted by Gasteiger charge is -2.11. The number of carbonyl (C=O) groups is 2. The van der Waals surface area contributed by atoms with Crippen molar-refractivity contribution in [2.45, 2.75) is 6.92 Å². The Morgan fingerprint density at radius 3 is 2.41 bits per heavy atom. The lowest BCUT2D eigenvalue weighted by atomic mass is 10.2. The van der Waals surface area contributed by atoms with E-state index in [2.05, 4.69) is 15.8 Å². The monoisotopic (exact) mass is 500 g/mol. The highest BCUT2D eigenvalue weighted by molar-refractivity contribution is 6.37. The number of nitrogens with one attached hydrogen (secondary N) is 2. The molecule has 11 heteroatoms. The highest BCUT2D eigenvalue weighted by Gasteiger charge is 2.13. The topological polar surface area (TPSA) is 123 Å². The van der Waals surface area contributed by atoms with Crippen LogP contribution in [-0.4, -0.2) is 29.6 Å². The molecule has 0 aliphatic rings. The molecule has 9 nitrogen and oxygen atoms in total. The molecule has 0 bridgehead atoms. The molecule has 0 aliphatic carbocycles. The number of nitro groups is 1. The van der Waals surface area contributed by atoms with E-state index in [-0.39, 0.29) is 39.6 Å². The zero-order valence-corrected chi connectivity index (χ0v) is 19.3. The quantitative estimate of drug-likeness (QED) is 0.256. The molecular weight excluding hydrogens is 483 g/mol. The first kappa shape index (κ1) is 24.7. The van der Waals surface area contributed by atoms with Gasteiger partial charge in [-0.1, -0.05) is 47.0 Å². The molecule has 3 rings (SSSR count). The molecule has 0 saturated heterocycles. The molecule has 2 amide bonds. The third kappa shape index (κ3) is 6.77. The lowest BCUT2D eigenvalue weighted by Crippen LogP contribution is -2.20. The van der Waals surface area contributed by atoms with Gasteiger partial charge < -0.3 is 10.1 Å². The maximum atomic E-state index is 12.1. The number of hydrogen-bond donors (Lipinski definition) is 2. The Morgan fingerprint density at radius 1 is 1.09 bits per heavy atom. The summed E-state index contributed by atoms with van der Waals surface area (Å²) in [5, 5.41) is 17.6. The Balaban J connectivity index is 1.59. The molecule has 0 aromatic heterocycles. The van der Waals surface area contributed by atoms with E-state index >= 15 is 0 Å². The summed E-state index contributed by atoms with van der Waals surface area (Å²) in [5.74, 6) is -0.887. The van der Waals surface area contributed by atoms with E-state index in [4.69, 9.17) is 27.9 Å². The second-order valence-electron chi connectivity index (χ2n) is 7.02. The van der Waals surface area contributed by atoms with Crippen molar-refractivity contribution in [1.82, 2.24) is 5.43 Å². The summed E-state index contributed by atoms with van der Waals surface area (Å²) >= 11 is 12.5. The van der Waals surface area contributed by atoms with E-state index in [1.807, 2.05) is 19.1 Å². The summed E-state index contributed by atoms with van der Waals surface area (Å²) < 4.78 is 5.47. The van der Waals surface area contributed by atoms with E-state index in [0.29, 0.717) is 11.3 Å². The van der Waals surface area contributed by atoms with Gasteiger partial charge in [-0.15, -0.1) is 0 Å². The molecule has 0 saturated carbocycles. The molecule has 2 N–H and O–H groups in total. The molecule has 174 valence electrons. The smallest absolute Gasteiger partial charge is 0.271 e. The van der Waals surface area contributed by atoms with Gasteiger partial charge in [0.15, 0.2) is 12.4 Å². The number of amides is 2. The number of nitrogens with zero attached hydrogens (tertiary/aromatic N) is 2. The van der Waals surface area contributed by atoms with Crippen molar-refractivity contribution in [3.8, 4) is 5.75 Å². The highest BCUT2D eigenvalue weighted by atomic mass is 35.5. The van der Waals surface area contributed by atoms with Crippen LogP contribution >= 0.6 is 23.2 Å². The second kappa shape index (κ2) is 11.3. The van der Waals surface area contributed by atoms with Gasteiger partial charge in [0.05, 0.1) is 21.2 Å². The fourth-order valence-corrected chi connectivity index (χ4v) is 3.37. The minimum atomic E-state index is -0.628. The number of carbonyl (C=O) groups excluding carboxylic acids is 2. The first-order chi connectivity index (χ1) is 16.2. The molecule has 3 aromatic rings. The average molecular weight is 501 g/mol. The zero-order valence-electron chi connectivity index (χ0n) is 17.7. The number of rotatable bonds is 8. The Kier molecular flexibility index (Phi) is 8.18. The van der Waals surface area contributed by atoms with Crippen LogP contribution < -0.4 is 15.5 Å². The van der Waals surface area contributed by atoms with Crippen molar-refractivity contribution in [3.05, 3.63) is 97.5 Å². The van der Waals surface area contributed by atoms with E-state index in [1.54, 1.807) is 12.1 Å². The van der Waals surface area contributed by atoms with Gasteiger partial charge in [-0.2, -0.15) is 5.10 Å². The molecule has 0 aliphatic heterocycles. The molecule has 0 atom stereocenters. The van der Waals surface area contributed by atoms with E-state index < -0.39 is 10.8 Å². The lowest BCUT2D eigenvalue weighted by molar-refractivity contribution is -0.384. The van der Waals surface area contributed by atoms with Gasteiger partial charge in [-0.25, -0.2) is 5.43 Å². The first-order valence-corrected chi connectivity index (χ1v) is 10.5. The van der Waals surface area contributed by atoms with Crippen molar-refractivity contribution in [1.29, 1.82) is 0 Å². The van der Waals surface area contributed by atoms with Crippen LogP contribution in [0, 0.1) is 17.0 Å². The number of nitro benzene ring substituents is 1. The standard InChI is InChI=1S/C23H18Cl2N4O5/c1-14-5-7-17(8-6-14)27-21(30)13-34-22-19(24)9-15(10-20(22)25)12-26-28-23(31)16-3-2-4-18(11-16)29(32)33/h2-12H,13H2,1H3,(H,27,30)(H,28,31)/b26-12+. The van der Waals surface area contributed by atoms with Crippen LogP contribution in [0.1, 0.15) is 21.5 Å². The predicted molar refractivity (Wildman–Crippen MR) is 130 cm³/mol. The largest absolute Gasteiger partial charge is 0.481 e. The van der Waals surface area contributed by atoms with Crippen molar-refractivity contribution < 1.29 is 19.2 Å². The fraction of sp³-hybridized carbons (Fsp3) is 0.0870. The van der Waals surface area contributed by atoms with Crippen molar-refractivity contribution in [3.63, 3.8) is 0 Å². The Hall–Kier alpha value is -3.95. The minimum absolute atomic E-state index is 0.0788. The minimum Gasteiger partial charge on any atom is -0.481 e. The highest BCUT2D eigenvalue weighted by Crippen LogP contribution is 2.33. The molecule has 0 fully saturated rings. The van der Waals surface area contributed by atoms with Crippen LogP contribution in [-0.2, 0) is 4.79 Å². The van der Waals surface area contributed by atoms with Crippen LogP contribution in [0.15, 0.2) is 65.8 Å². The summed E-state index contributed by atoms with van der Waals surface area (Å²) in [4.78, 5) is 34.5. The van der Waals surface area contributed by atoms with Gasteiger partial charge in [-0.05, 0) is 42.8 Å². The maximum absolute atomic E-state index is 12.1. The third-order valence-corrected chi connectivity index (χ3v) is 4.96. The van der Waals surface area contributed by atoms with Crippen molar-refractivity contribution in [2.24, 2.45) is 5.10 Å². The first-order valence-electron chi connectivity index (χ1n) is 9.79. The molecule has 0 unspecified atom stereocenters. The van der Waals surface area contributed by atoms with Crippen LogP contribution in [0.2, 0.25) is 10.0 Å². The van der Waals surface area contributed by atoms with Gasteiger partial charge in [0, 0.05) is 23.4 Å². The van der Waals surface area contributed by atoms with Crippen molar-refractivity contribution >= 4 is 52.6 Å². The molecular formula is C23H18Cl2N4O5. The van der Waals surface area contributed by atoms with Crippen LogP contribution in [0.5, 0.6) is 5.75 Å². The van der Waals surface area contributed by atoms with Crippen molar-refractivity contribution in [2.75, 3.05) is 11.9 Å². The van der Waals surface area contributed by atoms with Gasteiger partial charge in [0.25, 0.3) is 17.5 Å². The molecule has 34 heavy (non-hydrogen) atoms. The number of hydrazone groups is 1. The maximum Gasteiger partial charge on any atom is 0.271 e. The number of hydrogen-bond acceptors (Lipinski definition) is 6. The summed E-state index contributed by atoms with van der Waals surface area (Å²) in [5.41, 5.74) is 4.29. The van der Waals surface area contributed by atoms with Crippen LogP contribution in [0.25, 0.3) is 0 Å². The number of halogens is 2. The second-order valence-corrected chi connectivity index (χ2v) is 7.84.